The highest BCUT2D eigenvalue weighted by atomic mass is 15.3. The molecule has 0 aromatic carbocycles. The molecule has 3 nitrogen and oxygen atoms in total. The van der Waals surface area contributed by atoms with Crippen molar-refractivity contribution in [2.75, 3.05) is 5.73 Å². The average Bonchev–Trinajstić information content (AvgIpc) is 2.89. The summed E-state index contributed by atoms with van der Waals surface area (Å²) in [7, 11) is 0. The summed E-state index contributed by atoms with van der Waals surface area (Å²) in [5.41, 5.74) is 8.14. The first-order chi connectivity index (χ1) is 7.76. The largest absolute Gasteiger partial charge is 0.396 e. The molecule has 0 saturated heterocycles. The highest BCUT2D eigenvalue weighted by molar-refractivity contribution is 5.43. The third-order valence-electron chi connectivity index (χ3n) is 3.85. The van der Waals surface area contributed by atoms with Crippen molar-refractivity contribution in [3.63, 3.8) is 0 Å². The van der Waals surface area contributed by atoms with Crippen LogP contribution in [-0.4, -0.2) is 9.78 Å². The molecule has 16 heavy (non-hydrogen) atoms. The summed E-state index contributed by atoms with van der Waals surface area (Å²) < 4.78 is 2.09. The molecule has 1 aliphatic carbocycles. The lowest BCUT2D eigenvalue weighted by molar-refractivity contribution is 0.422. The fourth-order valence-electron chi connectivity index (χ4n) is 2.79. The second-order valence-corrected chi connectivity index (χ2v) is 4.90. The molecule has 1 heterocycles. The Bertz CT molecular complexity index is 333. The zero-order valence-corrected chi connectivity index (χ0v) is 10.4. The van der Waals surface area contributed by atoms with Gasteiger partial charge >= 0.3 is 0 Å². The Hall–Kier alpha value is -0.990. The van der Waals surface area contributed by atoms with Crippen LogP contribution in [0.5, 0.6) is 0 Å². The van der Waals surface area contributed by atoms with Gasteiger partial charge in [-0.15, -0.1) is 0 Å². The minimum absolute atomic E-state index is 0.512. The Morgan fingerprint density at radius 3 is 2.56 bits per heavy atom. The standard InChI is InChI=1S/C13H23N3/c1-3-11(4-2)16-9-12(14)13(15-16)10-7-5-6-8-10/h9-11H,3-8,14H2,1-2H3. The SMILES string of the molecule is CCC(CC)n1cc(N)c(C2CCCC2)n1. The van der Waals surface area contributed by atoms with Gasteiger partial charge in [-0.05, 0) is 25.7 Å². The van der Waals surface area contributed by atoms with Crippen LogP contribution in [-0.2, 0) is 0 Å². The summed E-state index contributed by atoms with van der Waals surface area (Å²) in [6.07, 6.45) is 9.49. The van der Waals surface area contributed by atoms with Gasteiger partial charge in [-0.2, -0.15) is 5.10 Å². The van der Waals surface area contributed by atoms with Gasteiger partial charge in [0.05, 0.1) is 17.4 Å². The number of aromatic nitrogens is 2. The minimum atomic E-state index is 0.512. The van der Waals surface area contributed by atoms with Crippen LogP contribution in [0.25, 0.3) is 0 Å². The van der Waals surface area contributed by atoms with Crippen LogP contribution in [0.3, 0.4) is 0 Å². The molecule has 1 saturated carbocycles. The molecule has 1 fully saturated rings. The number of hydrogen-bond acceptors (Lipinski definition) is 2. The molecule has 0 spiro atoms. The quantitative estimate of drug-likeness (QED) is 0.845. The smallest absolute Gasteiger partial charge is 0.0884 e. The number of nitrogen functional groups attached to an aromatic ring is 1. The first kappa shape index (κ1) is 11.5. The summed E-state index contributed by atoms with van der Waals surface area (Å²) in [6, 6.07) is 0.512. The molecule has 2 rings (SSSR count). The van der Waals surface area contributed by atoms with Crippen molar-refractivity contribution in [2.24, 2.45) is 0 Å². The Kier molecular flexibility index (Phi) is 3.52. The summed E-state index contributed by atoms with van der Waals surface area (Å²) in [4.78, 5) is 0. The van der Waals surface area contributed by atoms with E-state index in [0.29, 0.717) is 12.0 Å². The van der Waals surface area contributed by atoms with Crippen molar-refractivity contribution in [1.29, 1.82) is 0 Å². The molecule has 2 N–H and O–H groups in total. The summed E-state index contributed by atoms with van der Waals surface area (Å²) in [6.45, 7) is 4.42. The molecule has 90 valence electrons. The molecule has 1 aromatic heterocycles. The van der Waals surface area contributed by atoms with Gasteiger partial charge in [0.25, 0.3) is 0 Å². The van der Waals surface area contributed by atoms with E-state index in [-0.39, 0.29) is 0 Å². The van der Waals surface area contributed by atoms with Gasteiger partial charge in [-0.25, -0.2) is 0 Å². The van der Waals surface area contributed by atoms with Gasteiger partial charge in [-0.3, -0.25) is 4.68 Å². The van der Waals surface area contributed by atoms with Crippen LogP contribution in [0.2, 0.25) is 0 Å². The predicted molar refractivity (Wildman–Crippen MR) is 67.5 cm³/mol. The predicted octanol–water partition coefficient (Wildman–Crippen LogP) is 3.48. The number of hydrogen-bond donors (Lipinski definition) is 1. The number of nitrogens with zero attached hydrogens (tertiary/aromatic N) is 2. The molecule has 0 aliphatic heterocycles. The molecule has 0 radical (unpaired) electrons. The van der Waals surface area contributed by atoms with E-state index in [0.717, 1.165) is 24.2 Å². The summed E-state index contributed by atoms with van der Waals surface area (Å²) in [5, 5.41) is 4.73. The Balaban J connectivity index is 2.20. The zero-order valence-electron chi connectivity index (χ0n) is 10.4. The first-order valence-corrected chi connectivity index (χ1v) is 6.60. The van der Waals surface area contributed by atoms with E-state index < -0.39 is 0 Å². The second-order valence-electron chi connectivity index (χ2n) is 4.90. The van der Waals surface area contributed by atoms with E-state index in [1.165, 1.54) is 25.7 Å². The maximum absolute atomic E-state index is 6.09. The topological polar surface area (TPSA) is 43.8 Å². The highest BCUT2D eigenvalue weighted by Gasteiger charge is 2.23. The van der Waals surface area contributed by atoms with Gasteiger partial charge in [0.2, 0.25) is 0 Å². The van der Waals surface area contributed by atoms with Gasteiger partial charge < -0.3 is 5.73 Å². The van der Waals surface area contributed by atoms with E-state index in [4.69, 9.17) is 10.8 Å². The zero-order chi connectivity index (χ0) is 11.5. The first-order valence-electron chi connectivity index (χ1n) is 6.60. The lowest BCUT2D eigenvalue weighted by Crippen LogP contribution is -2.08. The minimum Gasteiger partial charge on any atom is -0.396 e. The third kappa shape index (κ3) is 2.08. The van der Waals surface area contributed by atoms with Crippen LogP contribution in [0, 0.1) is 0 Å². The van der Waals surface area contributed by atoms with E-state index >= 15 is 0 Å². The van der Waals surface area contributed by atoms with Crippen molar-refractivity contribution in [3.05, 3.63) is 11.9 Å². The van der Waals surface area contributed by atoms with E-state index in [9.17, 15) is 0 Å². The van der Waals surface area contributed by atoms with Gasteiger partial charge in [0.15, 0.2) is 0 Å². The maximum atomic E-state index is 6.09. The third-order valence-corrected chi connectivity index (χ3v) is 3.85. The molecule has 0 atom stereocenters. The monoisotopic (exact) mass is 221 g/mol. The Morgan fingerprint density at radius 2 is 2.00 bits per heavy atom. The number of nitrogens with two attached hydrogens (primary N) is 1. The molecule has 3 heteroatoms. The Labute approximate surface area is 98.0 Å². The maximum Gasteiger partial charge on any atom is 0.0884 e. The second kappa shape index (κ2) is 4.89. The molecular weight excluding hydrogens is 198 g/mol. The van der Waals surface area contributed by atoms with Gasteiger partial charge in [0.1, 0.15) is 0 Å². The fraction of sp³-hybridized carbons (Fsp3) is 0.769. The molecule has 0 bridgehead atoms. The molecule has 0 amide bonds. The van der Waals surface area contributed by atoms with Crippen molar-refractivity contribution in [1.82, 2.24) is 9.78 Å². The normalized spacial score (nSPS) is 17.4. The van der Waals surface area contributed by atoms with E-state index in [1.807, 2.05) is 6.20 Å². The van der Waals surface area contributed by atoms with Crippen LogP contribution >= 0.6 is 0 Å². The lowest BCUT2D eigenvalue weighted by atomic mass is 10.0. The van der Waals surface area contributed by atoms with Crippen LogP contribution in [0.1, 0.15) is 70.0 Å². The Morgan fingerprint density at radius 1 is 1.38 bits per heavy atom. The van der Waals surface area contributed by atoms with Crippen molar-refractivity contribution in [3.8, 4) is 0 Å². The molecular formula is C13H23N3. The average molecular weight is 221 g/mol. The van der Waals surface area contributed by atoms with Crippen molar-refractivity contribution in [2.45, 2.75) is 64.3 Å². The van der Waals surface area contributed by atoms with Crippen molar-refractivity contribution >= 4 is 5.69 Å². The van der Waals surface area contributed by atoms with Gasteiger partial charge in [0, 0.05) is 12.1 Å². The van der Waals surface area contributed by atoms with Crippen molar-refractivity contribution < 1.29 is 0 Å². The summed E-state index contributed by atoms with van der Waals surface area (Å²) >= 11 is 0. The number of rotatable bonds is 4. The van der Waals surface area contributed by atoms with E-state index in [2.05, 4.69) is 18.5 Å². The fourth-order valence-corrected chi connectivity index (χ4v) is 2.79. The highest BCUT2D eigenvalue weighted by Crippen LogP contribution is 2.36. The molecule has 1 aliphatic rings. The molecule has 1 aromatic rings. The summed E-state index contributed by atoms with van der Waals surface area (Å²) in [5.74, 6) is 0.621. The lowest BCUT2D eigenvalue weighted by Gasteiger charge is -2.12. The van der Waals surface area contributed by atoms with E-state index in [1.54, 1.807) is 0 Å². The van der Waals surface area contributed by atoms with Crippen LogP contribution in [0.15, 0.2) is 6.20 Å². The molecule has 0 unspecified atom stereocenters. The van der Waals surface area contributed by atoms with Crippen LogP contribution < -0.4 is 5.73 Å². The van der Waals surface area contributed by atoms with Gasteiger partial charge in [-0.1, -0.05) is 26.7 Å². The van der Waals surface area contributed by atoms with Crippen LogP contribution in [0.4, 0.5) is 5.69 Å². The number of anilines is 1.